The highest BCUT2D eigenvalue weighted by Gasteiger charge is 2.50. The minimum Gasteiger partial charge on any atom is -0.508 e. The Morgan fingerprint density at radius 1 is 1.04 bits per heavy atom. The number of fused-ring (bicyclic) bond motifs is 1. The summed E-state index contributed by atoms with van der Waals surface area (Å²) in [5.41, 5.74) is 0.431. The van der Waals surface area contributed by atoms with Crippen LogP contribution >= 0.6 is 11.6 Å². The number of benzene rings is 2. The molecular formula is C18H12ClNO4. The first-order valence-corrected chi connectivity index (χ1v) is 7.79. The summed E-state index contributed by atoms with van der Waals surface area (Å²) in [6, 6.07) is 14.6. The molecule has 5 nitrogen and oxygen atoms in total. The maximum atomic E-state index is 12.3. The average Bonchev–Trinajstić information content (AvgIpc) is 2.59. The first-order valence-electron chi connectivity index (χ1n) is 7.36. The Kier molecular flexibility index (Phi) is 3.32. The molecule has 0 spiro atoms. The molecule has 4 rings (SSSR count). The number of phenolic OH excluding ortho intramolecular Hbond substituents is 1. The first kappa shape index (κ1) is 14.8. The second kappa shape index (κ2) is 5.39. The lowest BCUT2D eigenvalue weighted by atomic mass is 9.92. The van der Waals surface area contributed by atoms with Crippen LogP contribution in [0.25, 0.3) is 11.0 Å². The molecule has 0 bridgehead atoms. The number of anilines is 1. The molecule has 0 radical (unpaired) electrons. The summed E-state index contributed by atoms with van der Waals surface area (Å²) in [4.78, 5) is 25.9. The normalized spacial score (nSPS) is 20.2. The number of amides is 1. The van der Waals surface area contributed by atoms with Crippen LogP contribution in [0.2, 0.25) is 0 Å². The quantitative estimate of drug-likeness (QED) is 0.441. The molecule has 3 aromatic rings. The number of para-hydroxylation sites is 2. The molecule has 0 aliphatic carbocycles. The van der Waals surface area contributed by atoms with Crippen LogP contribution < -0.4 is 10.5 Å². The molecule has 2 heterocycles. The van der Waals surface area contributed by atoms with E-state index in [1.807, 2.05) is 6.07 Å². The number of phenols is 1. The lowest BCUT2D eigenvalue weighted by molar-refractivity contribution is -0.123. The Labute approximate surface area is 141 Å². The Hall–Kier alpha value is -2.79. The predicted octanol–water partition coefficient (Wildman–Crippen LogP) is 3.19. The van der Waals surface area contributed by atoms with Crippen molar-refractivity contribution >= 4 is 34.2 Å². The van der Waals surface area contributed by atoms with Gasteiger partial charge in [-0.3, -0.25) is 9.69 Å². The third-order valence-corrected chi connectivity index (χ3v) is 4.59. The molecule has 1 aliphatic rings. The molecule has 6 heteroatoms. The fourth-order valence-corrected chi connectivity index (χ4v) is 3.33. The van der Waals surface area contributed by atoms with Gasteiger partial charge in [-0.05, 0) is 18.2 Å². The number of alkyl halides is 1. The number of halogens is 1. The van der Waals surface area contributed by atoms with E-state index in [1.165, 1.54) is 11.0 Å². The Morgan fingerprint density at radius 3 is 2.54 bits per heavy atom. The van der Waals surface area contributed by atoms with Crippen molar-refractivity contribution in [3.05, 3.63) is 70.6 Å². The van der Waals surface area contributed by atoms with E-state index in [0.29, 0.717) is 16.5 Å². The molecule has 1 N–H and O–H groups in total. The third kappa shape index (κ3) is 2.09. The van der Waals surface area contributed by atoms with E-state index in [1.54, 1.807) is 42.5 Å². The van der Waals surface area contributed by atoms with Gasteiger partial charge in [0, 0.05) is 10.9 Å². The minimum atomic E-state index is -0.843. The molecule has 120 valence electrons. The second-order valence-electron chi connectivity index (χ2n) is 5.57. The number of hydrogen-bond acceptors (Lipinski definition) is 4. The summed E-state index contributed by atoms with van der Waals surface area (Å²) in [7, 11) is 0. The van der Waals surface area contributed by atoms with Gasteiger partial charge in [-0.15, -0.1) is 11.6 Å². The van der Waals surface area contributed by atoms with Crippen LogP contribution in [0.5, 0.6) is 5.75 Å². The van der Waals surface area contributed by atoms with Crippen molar-refractivity contribution < 1.29 is 14.3 Å². The maximum Gasteiger partial charge on any atom is 0.360 e. The van der Waals surface area contributed by atoms with Gasteiger partial charge >= 0.3 is 5.63 Å². The van der Waals surface area contributed by atoms with Gasteiger partial charge in [-0.1, -0.05) is 36.4 Å². The van der Waals surface area contributed by atoms with Crippen LogP contribution in [-0.2, 0) is 4.79 Å². The highest BCUT2D eigenvalue weighted by atomic mass is 35.5. The topological polar surface area (TPSA) is 70.8 Å². The number of β-lactam (4-membered cyclic amide) rings is 1. The van der Waals surface area contributed by atoms with Crippen molar-refractivity contribution in [1.29, 1.82) is 0 Å². The van der Waals surface area contributed by atoms with Crippen LogP contribution in [0.4, 0.5) is 5.69 Å². The van der Waals surface area contributed by atoms with E-state index in [2.05, 4.69) is 0 Å². The Balaban J connectivity index is 1.86. The number of nitrogens with zero attached hydrogens (tertiary/aromatic N) is 1. The number of carbonyl (C=O) groups excluding carboxylic acids is 1. The van der Waals surface area contributed by atoms with Gasteiger partial charge in [0.1, 0.15) is 22.4 Å². The number of carbonyl (C=O) groups is 1. The van der Waals surface area contributed by atoms with E-state index in [0.717, 1.165) is 0 Å². The molecule has 1 aromatic heterocycles. The van der Waals surface area contributed by atoms with E-state index >= 15 is 0 Å². The highest BCUT2D eigenvalue weighted by Crippen LogP contribution is 2.44. The fraction of sp³-hybridized carbons (Fsp3) is 0.111. The third-order valence-electron chi connectivity index (χ3n) is 4.17. The van der Waals surface area contributed by atoms with Crippen molar-refractivity contribution in [2.75, 3.05) is 4.90 Å². The van der Waals surface area contributed by atoms with Crippen LogP contribution in [0.3, 0.4) is 0 Å². The lowest BCUT2D eigenvalue weighted by Crippen LogP contribution is -2.57. The van der Waals surface area contributed by atoms with Crippen LogP contribution in [0.15, 0.2) is 63.8 Å². The van der Waals surface area contributed by atoms with Gasteiger partial charge in [0.05, 0.1) is 6.04 Å². The van der Waals surface area contributed by atoms with Gasteiger partial charge in [0.25, 0.3) is 0 Å². The summed E-state index contributed by atoms with van der Waals surface area (Å²) in [5, 5.41) is 9.92. The zero-order chi connectivity index (χ0) is 16.8. The summed E-state index contributed by atoms with van der Waals surface area (Å²) in [6.45, 7) is 0. The first-order chi connectivity index (χ1) is 11.6. The lowest BCUT2D eigenvalue weighted by Gasteiger charge is -2.43. The number of hydrogen-bond donors (Lipinski definition) is 1. The predicted molar refractivity (Wildman–Crippen MR) is 90.5 cm³/mol. The van der Waals surface area contributed by atoms with Crippen molar-refractivity contribution in [3.8, 4) is 5.75 Å². The summed E-state index contributed by atoms with van der Waals surface area (Å²) >= 11 is 6.15. The van der Waals surface area contributed by atoms with Crippen molar-refractivity contribution in [1.82, 2.24) is 0 Å². The molecule has 2 unspecified atom stereocenters. The molecule has 2 aromatic carbocycles. The molecule has 2 atom stereocenters. The molecule has 1 aliphatic heterocycles. The largest absolute Gasteiger partial charge is 0.508 e. The van der Waals surface area contributed by atoms with Gasteiger partial charge < -0.3 is 9.52 Å². The Morgan fingerprint density at radius 2 is 1.75 bits per heavy atom. The van der Waals surface area contributed by atoms with Gasteiger partial charge in [0.2, 0.25) is 5.91 Å². The summed E-state index contributed by atoms with van der Waals surface area (Å²) in [6.07, 6.45) is 0. The van der Waals surface area contributed by atoms with E-state index < -0.39 is 23.0 Å². The van der Waals surface area contributed by atoms with Crippen LogP contribution in [-0.4, -0.2) is 16.4 Å². The van der Waals surface area contributed by atoms with Crippen LogP contribution in [0, 0.1) is 0 Å². The molecular weight excluding hydrogens is 330 g/mol. The van der Waals surface area contributed by atoms with Crippen molar-refractivity contribution in [2.45, 2.75) is 11.4 Å². The van der Waals surface area contributed by atoms with Crippen LogP contribution in [0.1, 0.15) is 11.6 Å². The smallest absolute Gasteiger partial charge is 0.360 e. The summed E-state index contributed by atoms with van der Waals surface area (Å²) in [5.74, 6) is -0.372. The zero-order valence-corrected chi connectivity index (χ0v) is 13.1. The van der Waals surface area contributed by atoms with Gasteiger partial charge in [-0.2, -0.15) is 0 Å². The van der Waals surface area contributed by atoms with E-state index in [4.69, 9.17) is 16.0 Å². The van der Waals surface area contributed by atoms with Crippen molar-refractivity contribution in [2.24, 2.45) is 0 Å². The number of aromatic hydroxyl groups is 1. The molecule has 1 saturated heterocycles. The zero-order valence-electron chi connectivity index (χ0n) is 12.3. The monoisotopic (exact) mass is 341 g/mol. The standard InChI is InChI=1S/C18H12ClNO4/c19-15-16(11-6-2-3-7-13(11)21)20(17(15)22)12-9-10-5-1-4-8-14(10)24-18(12)23/h1-9,15-16,21H. The molecule has 1 fully saturated rings. The summed E-state index contributed by atoms with van der Waals surface area (Å²) < 4.78 is 5.29. The average molecular weight is 342 g/mol. The molecule has 24 heavy (non-hydrogen) atoms. The maximum absolute atomic E-state index is 12.3. The van der Waals surface area contributed by atoms with E-state index in [-0.39, 0.29) is 11.4 Å². The Bertz CT molecular complexity index is 1010. The van der Waals surface area contributed by atoms with Gasteiger partial charge in [0.15, 0.2) is 0 Å². The molecule has 0 saturated carbocycles. The minimum absolute atomic E-state index is 0.0239. The van der Waals surface area contributed by atoms with E-state index in [9.17, 15) is 14.7 Å². The fourth-order valence-electron chi connectivity index (χ4n) is 2.98. The molecule has 1 amide bonds. The number of rotatable bonds is 2. The highest BCUT2D eigenvalue weighted by molar-refractivity contribution is 6.37. The van der Waals surface area contributed by atoms with Gasteiger partial charge in [-0.25, -0.2) is 4.79 Å². The SMILES string of the molecule is O=C1C(Cl)C(c2ccccc2O)N1c1cc2ccccc2oc1=O. The second-order valence-corrected chi connectivity index (χ2v) is 6.04. The van der Waals surface area contributed by atoms with Crippen molar-refractivity contribution in [3.63, 3.8) is 0 Å².